The summed E-state index contributed by atoms with van der Waals surface area (Å²) >= 11 is 0. The maximum absolute atomic E-state index is 9.96. The number of nitrogens with zero attached hydrogens (tertiary/aromatic N) is 2. The summed E-state index contributed by atoms with van der Waals surface area (Å²) in [5.74, 6) is 0. The van der Waals surface area contributed by atoms with E-state index < -0.39 is 167 Å². The minimum absolute atomic E-state index is 0.118. The van der Waals surface area contributed by atoms with Gasteiger partial charge in [-0.2, -0.15) is 0 Å². The monoisotopic (exact) mass is 749 g/mol. The highest BCUT2D eigenvalue weighted by Crippen LogP contribution is 2.40. The number of para-hydroxylation sites is 2. The van der Waals surface area contributed by atoms with Gasteiger partial charge in [0.2, 0.25) is 0 Å². The van der Waals surface area contributed by atoms with Crippen molar-refractivity contribution in [3.05, 3.63) is 206 Å². The van der Waals surface area contributed by atoms with Crippen molar-refractivity contribution in [2.24, 2.45) is 0 Å². The zero-order chi connectivity index (χ0) is 57.5. The van der Waals surface area contributed by atoms with Crippen molar-refractivity contribution in [3.8, 4) is 44.8 Å². The first-order chi connectivity index (χ1) is 37.8. The fourth-order valence-corrected chi connectivity index (χ4v) is 7.37. The van der Waals surface area contributed by atoms with Crippen LogP contribution < -0.4 is 0 Å². The SMILES string of the molecule is [2H]c1cc2c(c([2H])c1-c1c([2H])c([2H])c3c(c1[2H])c1c([2H])c([2H])c([2H])c([2H])c1n3-c1ccc(-c3ccccc3)cc1)c1c([2H])c([2H])c([2H])c([2H])c1n2-c1cc2c(oc3c([2H])c([2H])c(-c4c([2H])c([2H])c([2H])c([2H])c4[2H])c([2H])c32)c([2H])c1[2H]. The predicted octanol–water partition coefficient (Wildman–Crippen LogP) is 14.8. The van der Waals surface area contributed by atoms with Crippen LogP contribution in [-0.2, 0) is 0 Å². The number of fused-ring (bicyclic) bond motifs is 9. The maximum atomic E-state index is 9.96. The first kappa shape index (κ1) is 16.6. The molecule has 3 heterocycles. The summed E-state index contributed by atoms with van der Waals surface area (Å²) in [5, 5.41) is -1.50. The molecule has 9 aromatic carbocycles. The van der Waals surface area contributed by atoms with Gasteiger partial charge in [-0.3, -0.25) is 0 Å². The normalized spacial score (nSPS) is 17.5. The van der Waals surface area contributed by atoms with Crippen molar-refractivity contribution in [3.63, 3.8) is 0 Å². The fourth-order valence-electron chi connectivity index (χ4n) is 7.37. The first-order valence-electron chi connectivity index (χ1n) is 29.1. The highest BCUT2D eigenvalue weighted by Gasteiger charge is 2.18. The number of benzene rings is 9. The lowest BCUT2D eigenvalue weighted by Gasteiger charge is -2.10. The minimum atomic E-state index is -0.775. The van der Waals surface area contributed by atoms with Gasteiger partial charge in [0.1, 0.15) is 11.2 Å². The molecular weight excluding hydrogens is 693 g/mol. The van der Waals surface area contributed by atoms with E-state index in [1.165, 1.54) is 10.6 Å². The molecule has 0 saturated heterocycles. The molecule has 0 aliphatic heterocycles. The Kier molecular flexibility index (Phi) is 3.63. The fraction of sp³-hybridized carbons (Fsp3) is 0. The lowest BCUT2D eigenvalue weighted by molar-refractivity contribution is 0.669. The van der Waals surface area contributed by atoms with Crippen molar-refractivity contribution in [1.29, 1.82) is 0 Å². The maximum Gasteiger partial charge on any atom is 0.135 e. The molecule has 0 bridgehead atoms. The van der Waals surface area contributed by atoms with E-state index in [0.717, 1.165) is 21.8 Å². The molecule has 0 spiro atoms. The van der Waals surface area contributed by atoms with Crippen LogP contribution in [0, 0.1) is 0 Å². The molecule has 3 heteroatoms. The van der Waals surface area contributed by atoms with E-state index in [9.17, 15) is 15.1 Å². The molecule has 0 unspecified atom stereocenters. The third-order valence-electron chi connectivity index (χ3n) is 9.95. The second kappa shape index (κ2) is 12.5. The molecule has 3 nitrogen and oxygen atoms in total. The average molecular weight is 750 g/mol. The molecule has 0 N–H and O–H groups in total. The minimum Gasteiger partial charge on any atom is -0.456 e. The van der Waals surface area contributed by atoms with Crippen LogP contribution in [0.25, 0.3) is 110 Å². The molecule has 0 atom stereocenters. The average Bonchev–Trinajstić information content (AvgIpc) is 2.27. The summed E-state index contributed by atoms with van der Waals surface area (Å²) in [7, 11) is 0. The zero-order valence-electron chi connectivity index (χ0n) is 52.2. The molecule has 0 aliphatic carbocycles. The van der Waals surface area contributed by atoms with E-state index >= 15 is 0 Å². The largest absolute Gasteiger partial charge is 0.456 e. The Morgan fingerprint density at radius 1 is 0.333 bits per heavy atom. The van der Waals surface area contributed by atoms with Crippen LogP contribution in [0.2, 0.25) is 0 Å². The summed E-state index contributed by atoms with van der Waals surface area (Å²) < 4.78 is 217. The van der Waals surface area contributed by atoms with Gasteiger partial charge < -0.3 is 13.6 Å². The van der Waals surface area contributed by atoms with E-state index in [2.05, 4.69) is 0 Å². The summed E-state index contributed by atoms with van der Waals surface area (Å²) in [6.45, 7) is 0. The predicted molar refractivity (Wildman–Crippen MR) is 239 cm³/mol. The van der Waals surface area contributed by atoms with Crippen molar-refractivity contribution in [2.75, 3.05) is 0 Å². The Morgan fingerprint density at radius 3 is 1.67 bits per heavy atom. The Labute approximate surface area is 361 Å². The summed E-state index contributed by atoms with van der Waals surface area (Å²) in [4.78, 5) is 0. The number of furan rings is 1. The number of aromatic nitrogens is 2. The molecular formula is C54H34N2O. The molecule has 12 aromatic rings. The van der Waals surface area contributed by atoms with Crippen LogP contribution in [0.1, 0.15) is 31.5 Å². The summed E-state index contributed by atoms with van der Waals surface area (Å²) in [5.41, 5.74) is -2.10. The van der Waals surface area contributed by atoms with Gasteiger partial charge in [0, 0.05) is 43.7 Å². The number of rotatable bonds is 5. The molecule has 57 heavy (non-hydrogen) atoms. The second-order valence-corrected chi connectivity index (χ2v) is 13.1. The third-order valence-corrected chi connectivity index (χ3v) is 9.95. The van der Waals surface area contributed by atoms with E-state index in [0.29, 0.717) is 5.69 Å². The molecule has 0 saturated carbocycles. The van der Waals surface area contributed by atoms with E-state index in [1.807, 2.05) is 30.3 Å². The smallest absolute Gasteiger partial charge is 0.135 e. The molecule has 3 aromatic heterocycles. The highest BCUT2D eigenvalue weighted by molar-refractivity contribution is 6.13. The van der Waals surface area contributed by atoms with Crippen molar-refractivity contribution >= 4 is 65.6 Å². The van der Waals surface area contributed by atoms with Crippen LogP contribution >= 0.6 is 0 Å². The molecule has 0 aliphatic rings. The van der Waals surface area contributed by atoms with Crippen LogP contribution in [0.3, 0.4) is 0 Å². The van der Waals surface area contributed by atoms with Crippen molar-refractivity contribution in [1.82, 2.24) is 9.13 Å². The van der Waals surface area contributed by atoms with Gasteiger partial charge in [-0.05, 0) is 112 Å². The topological polar surface area (TPSA) is 23.0 Å². The van der Waals surface area contributed by atoms with E-state index in [4.69, 9.17) is 20.9 Å². The van der Waals surface area contributed by atoms with Crippen LogP contribution in [0.15, 0.2) is 210 Å². The molecule has 266 valence electrons. The molecule has 0 fully saturated rings. The quantitative estimate of drug-likeness (QED) is 0.172. The zero-order valence-corrected chi connectivity index (χ0v) is 29.2. The second-order valence-electron chi connectivity index (χ2n) is 13.1. The van der Waals surface area contributed by atoms with Crippen LogP contribution in [0.4, 0.5) is 0 Å². The van der Waals surface area contributed by atoms with Gasteiger partial charge in [-0.25, -0.2) is 0 Å². The van der Waals surface area contributed by atoms with E-state index in [-0.39, 0.29) is 65.7 Å². The van der Waals surface area contributed by atoms with Gasteiger partial charge in [0.15, 0.2) is 0 Å². The Hall–Kier alpha value is -7.62. The Morgan fingerprint density at radius 2 is 0.895 bits per heavy atom. The van der Waals surface area contributed by atoms with Gasteiger partial charge in [-0.1, -0.05) is 127 Å². The molecule has 0 radical (unpaired) electrons. The van der Waals surface area contributed by atoms with Crippen molar-refractivity contribution < 1.29 is 35.9 Å². The summed E-state index contributed by atoms with van der Waals surface area (Å²) in [6.07, 6.45) is 0. The highest BCUT2D eigenvalue weighted by atomic mass is 16.3. The van der Waals surface area contributed by atoms with Gasteiger partial charge in [0.25, 0.3) is 0 Å². The first-order valence-corrected chi connectivity index (χ1v) is 17.6. The van der Waals surface area contributed by atoms with Gasteiger partial charge >= 0.3 is 0 Å². The van der Waals surface area contributed by atoms with Crippen LogP contribution in [-0.4, -0.2) is 9.13 Å². The van der Waals surface area contributed by atoms with Gasteiger partial charge in [-0.15, -0.1) is 0 Å². The lowest BCUT2D eigenvalue weighted by atomic mass is 10.0. The standard InChI is InChI=1S/C54H34N2O/c1-3-11-35(12-4-1)37-19-24-41(25-20-37)55-49-17-9-7-15-43(49)45-31-39(21-27-51(45)55)40-22-28-52-46(32-40)44-16-8-10-18-50(44)56(52)42-26-30-54-48(34-42)47-33-38(23-29-53(47)57-54)36-13-5-2-6-14-36/h1-34H/i2D,5D,6D,7D,8D,9D,10D,13D,14D,15D,16D,17D,18D,21D,22D,23D,26D,27D,29D,30D,31D,32D,33D. The lowest BCUT2D eigenvalue weighted by Crippen LogP contribution is -1.94. The third kappa shape index (κ3) is 4.99. The van der Waals surface area contributed by atoms with Crippen molar-refractivity contribution in [2.45, 2.75) is 0 Å². The number of hydrogen-bond donors (Lipinski definition) is 0. The number of hydrogen-bond acceptors (Lipinski definition) is 1. The Bertz CT molecular complexity index is 4820. The molecule has 0 amide bonds. The Balaban J connectivity index is 1.17. The van der Waals surface area contributed by atoms with E-state index in [1.54, 1.807) is 24.3 Å². The van der Waals surface area contributed by atoms with Crippen LogP contribution in [0.5, 0.6) is 0 Å². The summed E-state index contributed by atoms with van der Waals surface area (Å²) in [6, 6.07) is 2.86. The van der Waals surface area contributed by atoms with Gasteiger partial charge in [0.05, 0.1) is 53.6 Å². The molecule has 12 rings (SSSR count).